The molecule has 0 aliphatic rings. The van der Waals surface area contributed by atoms with Crippen LogP contribution in [0.4, 0.5) is 4.39 Å². The molecular formula is C8H7FN2. The molecule has 0 fully saturated rings. The molecule has 11 heavy (non-hydrogen) atoms. The number of hydrogen-bond acceptors (Lipinski definition) is 1. The van der Waals surface area contributed by atoms with Gasteiger partial charge in [-0.05, 0) is 12.1 Å². The van der Waals surface area contributed by atoms with Crippen molar-refractivity contribution >= 4 is 0 Å². The molecule has 0 amide bonds. The van der Waals surface area contributed by atoms with Crippen molar-refractivity contribution in [2.45, 2.75) is 6.42 Å². The molecule has 0 atom stereocenters. The van der Waals surface area contributed by atoms with Gasteiger partial charge in [0, 0.05) is 5.69 Å². The standard InChI is InChI=1S/C8H7FN2/c1-10-5-4-8-3-2-7(9)6-11-8/h2-3,6H,4-5H2. The van der Waals surface area contributed by atoms with Gasteiger partial charge in [0.05, 0.1) is 12.6 Å². The molecule has 1 heterocycles. The summed E-state index contributed by atoms with van der Waals surface area (Å²) in [5.41, 5.74) is 0.766. The second-order valence-corrected chi connectivity index (χ2v) is 2.10. The third-order valence-electron chi connectivity index (χ3n) is 1.27. The Hall–Kier alpha value is -1.43. The van der Waals surface area contributed by atoms with E-state index < -0.39 is 0 Å². The summed E-state index contributed by atoms with van der Waals surface area (Å²) in [6.45, 7) is 6.93. The lowest BCUT2D eigenvalue weighted by atomic mass is 10.3. The van der Waals surface area contributed by atoms with E-state index in [-0.39, 0.29) is 5.82 Å². The van der Waals surface area contributed by atoms with Gasteiger partial charge in [0.1, 0.15) is 5.82 Å². The molecule has 56 valence electrons. The monoisotopic (exact) mass is 150 g/mol. The van der Waals surface area contributed by atoms with Gasteiger partial charge in [-0.3, -0.25) is 4.98 Å². The van der Waals surface area contributed by atoms with Gasteiger partial charge in [-0.15, -0.1) is 0 Å². The molecule has 0 N–H and O–H groups in total. The Morgan fingerprint density at radius 3 is 2.91 bits per heavy atom. The molecule has 3 heteroatoms. The van der Waals surface area contributed by atoms with Gasteiger partial charge in [0.2, 0.25) is 6.54 Å². The molecule has 0 saturated heterocycles. The molecule has 0 aromatic carbocycles. The quantitative estimate of drug-likeness (QED) is 0.586. The van der Waals surface area contributed by atoms with E-state index in [0.717, 1.165) is 5.69 Å². The van der Waals surface area contributed by atoms with Gasteiger partial charge in [-0.25, -0.2) is 11.0 Å². The highest BCUT2D eigenvalue weighted by Gasteiger charge is 1.95. The van der Waals surface area contributed by atoms with E-state index in [0.29, 0.717) is 13.0 Å². The van der Waals surface area contributed by atoms with Crippen molar-refractivity contribution in [2.75, 3.05) is 6.54 Å². The Balaban J connectivity index is 2.60. The van der Waals surface area contributed by atoms with Crippen LogP contribution in [0.25, 0.3) is 4.85 Å². The van der Waals surface area contributed by atoms with E-state index in [1.54, 1.807) is 6.07 Å². The summed E-state index contributed by atoms with van der Waals surface area (Å²) in [5.74, 6) is -0.337. The zero-order valence-electron chi connectivity index (χ0n) is 5.92. The summed E-state index contributed by atoms with van der Waals surface area (Å²) in [6, 6.07) is 2.95. The number of pyridine rings is 1. The predicted octanol–water partition coefficient (Wildman–Crippen LogP) is 1.68. The minimum Gasteiger partial charge on any atom is -0.317 e. The molecule has 0 aliphatic heterocycles. The molecule has 1 rings (SSSR count). The first kappa shape index (κ1) is 7.67. The van der Waals surface area contributed by atoms with E-state index >= 15 is 0 Å². The highest BCUT2D eigenvalue weighted by Crippen LogP contribution is 1.98. The fraction of sp³-hybridized carbons (Fsp3) is 0.250. The van der Waals surface area contributed by atoms with Crippen molar-refractivity contribution in [3.63, 3.8) is 0 Å². The van der Waals surface area contributed by atoms with Gasteiger partial charge in [0.15, 0.2) is 0 Å². The van der Waals surface area contributed by atoms with Crippen molar-refractivity contribution in [2.24, 2.45) is 0 Å². The SMILES string of the molecule is [C-]#[N+]CCc1ccc(F)cn1. The van der Waals surface area contributed by atoms with Gasteiger partial charge < -0.3 is 4.85 Å². The average Bonchev–Trinajstić information content (AvgIpc) is 2.04. The van der Waals surface area contributed by atoms with Gasteiger partial charge >= 0.3 is 0 Å². The molecule has 1 aromatic heterocycles. The van der Waals surface area contributed by atoms with E-state index in [4.69, 9.17) is 6.57 Å². The largest absolute Gasteiger partial charge is 0.317 e. The highest BCUT2D eigenvalue weighted by molar-refractivity contribution is 5.05. The van der Waals surface area contributed by atoms with Crippen LogP contribution in [0.3, 0.4) is 0 Å². The van der Waals surface area contributed by atoms with Crippen LogP contribution in [0.2, 0.25) is 0 Å². The average molecular weight is 150 g/mol. The summed E-state index contributed by atoms with van der Waals surface area (Å²) >= 11 is 0. The zero-order chi connectivity index (χ0) is 8.10. The van der Waals surface area contributed by atoms with Crippen molar-refractivity contribution < 1.29 is 4.39 Å². The van der Waals surface area contributed by atoms with E-state index in [1.165, 1.54) is 12.3 Å². The number of nitrogens with zero attached hydrogens (tertiary/aromatic N) is 2. The third-order valence-corrected chi connectivity index (χ3v) is 1.27. The van der Waals surface area contributed by atoms with E-state index in [9.17, 15) is 4.39 Å². The van der Waals surface area contributed by atoms with Crippen molar-refractivity contribution in [1.29, 1.82) is 0 Å². The number of hydrogen-bond donors (Lipinski definition) is 0. The van der Waals surface area contributed by atoms with Crippen molar-refractivity contribution in [1.82, 2.24) is 4.98 Å². The van der Waals surface area contributed by atoms with Crippen LogP contribution in [0, 0.1) is 12.4 Å². The molecule has 0 unspecified atom stereocenters. The van der Waals surface area contributed by atoms with Crippen LogP contribution in [0.1, 0.15) is 5.69 Å². The summed E-state index contributed by atoms with van der Waals surface area (Å²) in [6.07, 6.45) is 1.77. The smallest absolute Gasteiger partial charge is 0.220 e. The summed E-state index contributed by atoms with van der Waals surface area (Å²) < 4.78 is 12.3. The van der Waals surface area contributed by atoms with E-state index in [2.05, 4.69) is 9.83 Å². The normalized spacial score (nSPS) is 9.09. The van der Waals surface area contributed by atoms with Crippen molar-refractivity contribution in [3.8, 4) is 0 Å². The second-order valence-electron chi connectivity index (χ2n) is 2.10. The Bertz CT molecular complexity index is 260. The Morgan fingerprint density at radius 2 is 2.36 bits per heavy atom. The van der Waals surface area contributed by atoms with Crippen LogP contribution >= 0.6 is 0 Å². The summed E-state index contributed by atoms with van der Waals surface area (Å²) in [5, 5.41) is 0. The first-order valence-corrected chi connectivity index (χ1v) is 3.26. The molecule has 1 aromatic rings. The van der Waals surface area contributed by atoms with Crippen LogP contribution in [0.5, 0.6) is 0 Å². The van der Waals surface area contributed by atoms with Crippen LogP contribution in [0.15, 0.2) is 18.3 Å². The van der Waals surface area contributed by atoms with E-state index in [1.807, 2.05) is 0 Å². The van der Waals surface area contributed by atoms with Crippen LogP contribution in [-0.2, 0) is 6.42 Å². The minimum absolute atomic E-state index is 0.337. The first-order valence-electron chi connectivity index (χ1n) is 3.26. The zero-order valence-corrected chi connectivity index (χ0v) is 5.92. The maximum Gasteiger partial charge on any atom is 0.220 e. The van der Waals surface area contributed by atoms with Crippen LogP contribution < -0.4 is 0 Å². The Labute approximate surface area is 64.5 Å². The lowest BCUT2D eigenvalue weighted by Gasteiger charge is -1.92. The van der Waals surface area contributed by atoms with Gasteiger partial charge in [-0.2, -0.15) is 0 Å². The highest BCUT2D eigenvalue weighted by atomic mass is 19.1. The molecule has 0 saturated carbocycles. The number of rotatable bonds is 2. The molecule has 0 spiro atoms. The molecule has 0 radical (unpaired) electrons. The first-order chi connectivity index (χ1) is 5.33. The summed E-state index contributed by atoms with van der Waals surface area (Å²) in [7, 11) is 0. The molecule has 0 aliphatic carbocycles. The Kier molecular flexibility index (Phi) is 2.56. The van der Waals surface area contributed by atoms with Gasteiger partial charge in [0.25, 0.3) is 0 Å². The fourth-order valence-electron chi connectivity index (χ4n) is 0.725. The van der Waals surface area contributed by atoms with Crippen molar-refractivity contribution in [3.05, 3.63) is 41.3 Å². The topological polar surface area (TPSA) is 17.2 Å². The lowest BCUT2D eigenvalue weighted by Crippen LogP contribution is -1.91. The number of aromatic nitrogens is 1. The predicted molar refractivity (Wildman–Crippen MR) is 39.4 cm³/mol. The Morgan fingerprint density at radius 1 is 1.55 bits per heavy atom. The fourth-order valence-corrected chi connectivity index (χ4v) is 0.725. The van der Waals surface area contributed by atoms with Crippen LogP contribution in [-0.4, -0.2) is 11.5 Å². The van der Waals surface area contributed by atoms with Gasteiger partial charge in [-0.1, -0.05) is 0 Å². The third kappa shape index (κ3) is 2.34. The molecule has 2 nitrogen and oxygen atoms in total. The molecular weight excluding hydrogens is 143 g/mol. The maximum absolute atomic E-state index is 12.3. The minimum atomic E-state index is -0.337. The number of halogens is 1. The summed E-state index contributed by atoms with van der Waals surface area (Å²) in [4.78, 5) is 6.97. The molecule has 0 bridgehead atoms. The maximum atomic E-state index is 12.3. The lowest BCUT2D eigenvalue weighted by molar-refractivity contribution is 0.619. The second kappa shape index (κ2) is 3.67.